The van der Waals surface area contributed by atoms with Crippen molar-refractivity contribution in [3.05, 3.63) is 21.6 Å². The van der Waals surface area contributed by atoms with E-state index in [-0.39, 0.29) is 10.8 Å². The largest absolute Gasteiger partial charge is 0.384 e. The number of nitrogens with zero attached hydrogens (tertiary/aromatic N) is 4. The van der Waals surface area contributed by atoms with Crippen LogP contribution in [0.4, 0.5) is 11.5 Å². The van der Waals surface area contributed by atoms with E-state index in [1.165, 1.54) is 6.33 Å². The van der Waals surface area contributed by atoms with Crippen LogP contribution >= 0.6 is 11.6 Å². The van der Waals surface area contributed by atoms with Crippen LogP contribution in [0.3, 0.4) is 0 Å². The quantitative estimate of drug-likeness (QED) is 0.478. The Labute approximate surface area is 115 Å². The van der Waals surface area contributed by atoms with Gasteiger partial charge in [0.05, 0.1) is 4.92 Å². The van der Waals surface area contributed by atoms with Crippen molar-refractivity contribution in [3.63, 3.8) is 0 Å². The second kappa shape index (κ2) is 6.12. The highest BCUT2D eigenvalue weighted by molar-refractivity contribution is 6.31. The van der Waals surface area contributed by atoms with Gasteiger partial charge in [-0.1, -0.05) is 11.6 Å². The van der Waals surface area contributed by atoms with E-state index < -0.39 is 4.92 Å². The average molecular weight is 287 g/mol. The SMILES string of the molecule is COCC1CCN(c2ncnc(Cl)c2[N+](=O)[O-])CC1. The van der Waals surface area contributed by atoms with E-state index in [9.17, 15) is 10.1 Å². The maximum absolute atomic E-state index is 11.0. The van der Waals surface area contributed by atoms with Crippen molar-refractivity contribution in [2.45, 2.75) is 12.8 Å². The molecule has 1 aliphatic heterocycles. The first-order valence-electron chi connectivity index (χ1n) is 6.02. The molecule has 0 aromatic carbocycles. The summed E-state index contributed by atoms with van der Waals surface area (Å²) in [7, 11) is 1.68. The monoisotopic (exact) mass is 286 g/mol. The van der Waals surface area contributed by atoms with Gasteiger partial charge in [-0.05, 0) is 18.8 Å². The van der Waals surface area contributed by atoms with E-state index in [0.29, 0.717) is 24.8 Å². The Morgan fingerprint density at radius 3 is 2.79 bits per heavy atom. The van der Waals surface area contributed by atoms with E-state index in [1.807, 2.05) is 4.90 Å². The molecule has 104 valence electrons. The van der Waals surface area contributed by atoms with Crippen LogP contribution in [0.1, 0.15) is 12.8 Å². The molecular weight excluding hydrogens is 272 g/mol. The van der Waals surface area contributed by atoms with Gasteiger partial charge in [0.1, 0.15) is 6.33 Å². The third-order valence-electron chi connectivity index (χ3n) is 3.26. The predicted molar refractivity (Wildman–Crippen MR) is 70.5 cm³/mol. The molecule has 0 spiro atoms. The van der Waals surface area contributed by atoms with Crippen LogP contribution in [0.5, 0.6) is 0 Å². The lowest BCUT2D eigenvalue weighted by Crippen LogP contribution is -2.36. The number of halogens is 1. The minimum absolute atomic E-state index is 0.117. The van der Waals surface area contributed by atoms with Gasteiger partial charge < -0.3 is 9.64 Å². The summed E-state index contributed by atoms with van der Waals surface area (Å²) < 4.78 is 5.13. The normalized spacial score (nSPS) is 16.6. The number of hydrogen-bond donors (Lipinski definition) is 0. The second-order valence-electron chi connectivity index (χ2n) is 4.48. The Morgan fingerprint density at radius 2 is 2.21 bits per heavy atom. The topological polar surface area (TPSA) is 81.4 Å². The summed E-state index contributed by atoms with van der Waals surface area (Å²) in [6.07, 6.45) is 3.10. The van der Waals surface area contributed by atoms with Gasteiger partial charge in [-0.2, -0.15) is 0 Å². The molecule has 19 heavy (non-hydrogen) atoms. The van der Waals surface area contributed by atoms with Gasteiger partial charge in [0.15, 0.2) is 0 Å². The molecule has 0 bridgehead atoms. The van der Waals surface area contributed by atoms with Crippen LogP contribution in [0, 0.1) is 16.0 Å². The van der Waals surface area contributed by atoms with Crippen molar-refractivity contribution in [2.75, 3.05) is 31.7 Å². The lowest BCUT2D eigenvalue weighted by Gasteiger charge is -2.31. The van der Waals surface area contributed by atoms with E-state index in [4.69, 9.17) is 16.3 Å². The number of ether oxygens (including phenoxy) is 1. The molecule has 0 N–H and O–H groups in total. The number of rotatable bonds is 4. The fourth-order valence-corrected chi connectivity index (χ4v) is 2.48. The molecule has 0 radical (unpaired) electrons. The standard InChI is InChI=1S/C11H15ClN4O3/c1-19-6-8-2-4-15(5-3-8)11-9(16(17)18)10(12)13-7-14-11/h7-8H,2-6H2,1H3. The van der Waals surface area contributed by atoms with E-state index in [0.717, 1.165) is 19.4 Å². The van der Waals surface area contributed by atoms with Crippen molar-refractivity contribution < 1.29 is 9.66 Å². The molecule has 2 heterocycles. The molecule has 0 unspecified atom stereocenters. The molecule has 8 heteroatoms. The van der Waals surface area contributed by atoms with Crippen LogP contribution in [0.15, 0.2) is 6.33 Å². The summed E-state index contributed by atoms with van der Waals surface area (Å²) in [4.78, 5) is 20.1. The maximum Gasteiger partial charge on any atom is 0.348 e. The van der Waals surface area contributed by atoms with E-state index in [1.54, 1.807) is 7.11 Å². The van der Waals surface area contributed by atoms with E-state index >= 15 is 0 Å². The first kappa shape index (κ1) is 14.0. The number of aromatic nitrogens is 2. The summed E-state index contributed by atoms with van der Waals surface area (Å²) in [5.74, 6) is 0.804. The molecule has 0 aliphatic carbocycles. The fraction of sp³-hybridized carbons (Fsp3) is 0.636. The first-order chi connectivity index (χ1) is 9.13. The molecule has 1 aromatic rings. The van der Waals surface area contributed by atoms with Crippen molar-refractivity contribution in [3.8, 4) is 0 Å². The van der Waals surface area contributed by atoms with Crippen molar-refractivity contribution in [1.29, 1.82) is 0 Å². The number of piperidine rings is 1. The molecule has 0 saturated carbocycles. The molecule has 1 saturated heterocycles. The molecule has 1 fully saturated rings. The summed E-state index contributed by atoms with van der Waals surface area (Å²) >= 11 is 5.78. The molecule has 1 aromatic heterocycles. The van der Waals surface area contributed by atoms with Crippen molar-refractivity contribution >= 4 is 23.1 Å². The zero-order chi connectivity index (χ0) is 13.8. The minimum Gasteiger partial charge on any atom is -0.384 e. The smallest absolute Gasteiger partial charge is 0.348 e. The van der Waals surface area contributed by atoms with Crippen molar-refractivity contribution in [2.24, 2.45) is 5.92 Å². The molecule has 2 rings (SSSR count). The highest BCUT2D eigenvalue weighted by Gasteiger charge is 2.28. The number of hydrogen-bond acceptors (Lipinski definition) is 6. The van der Waals surface area contributed by atoms with Gasteiger partial charge in [-0.15, -0.1) is 0 Å². The fourth-order valence-electron chi connectivity index (χ4n) is 2.28. The Kier molecular flexibility index (Phi) is 4.49. The molecule has 0 atom stereocenters. The Bertz CT molecular complexity index is 463. The highest BCUT2D eigenvalue weighted by Crippen LogP contribution is 2.33. The minimum atomic E-state index is -0.529. The summed E-state index contributed by atoms with van der Waals surface area (Å²) in [5.41, 5.74) is -0.214. The number of methoxy groups -OCH3 is 1. The van der Waals surface area contributed by atoms with Crippen LogP contribution in [-0.2, 0) is 4.74 Å². The maximum atomic E-state index is 11.0. The lowest BCUT2D eigenvalue weighted by molar-refractivity contribution is -0.384. The Morgan fingerprint density at radius 1 is 1.53 bits per heavy atom. The number of nitro groups is 1. The molecular formula is C11H15ClN4O3. The Hall–Kier alpha value is -1.47. The molecule has 1 aliphatic rings. The zero-order valence-electron chi connectivity index (χ0n) is 10.6. The summed E-state index contributed by atoms with van der Waals surface area (Å²) in [6.45, 7) is 2.14. The van der Waals surface area contributed by atoms with Crippen molar-refractivity contribution in [1.82, 2.24) is 9.97 Å². The van der Waals surface area contributed by atoms with Gasteiger partial charge in [-0.25, -0.2) is 9.97 Å². The van der Waals surface area contributed by atoms with Crippen LogP contribution < -0.4 is 4.90 Å². The highest BCUT2D eigenvalue weighted by atomic mass is 35.5. The van der Waals surface area contributed by atoms with Crippen LogP contribution in [0.25, 0.3) is 0 Å². The van der Waals surface area contributed by atoms with Gasteiger partial charge in [0.25, 0.3) is 0 Å². The number of anilines is 1. The third kappa shape index (κ3) is 3.10. The van der Waals surface area contributed by atoms with Crippen LogP contribution in [0.2, 0.25) is 5.15 Å². The third-order valence-corrected chi connectivity index (χ3v) is 3.53. The van der Waals surface area contributed by atoms with Gasteiger partial charge >= 0.3 is 5.69 Å². The van der Waals surface area contributed by atoms with Gasteiger partial charge in [0, 0.05) is 26.8 Å². The van der Waals surface area contributed by atoms with Gasteiger partial charge in [-0.3, -0.25) is 10.1 Å². The van der Waals surface area contributed by atoms with Crippen LogP contribution in [-0.4, -0.2) is 41.7 Å². The van der Waals surface area contributed by atoms with Gasteiger partial charge in [0.2, 0.25) is 11.0 Å². The van der Waals surface area contributed by atoms with E-state index in [2.05, 4.69) is 9.97 Å². The summed E-state index contributed by atoms with van der Waals surface area (Å²) in [6, 6.07) is 0. The predicted octanol–water partition coefficient (Wildman–Crippen LogP) is 1.90. The molecule has 0 amide bonds. The average Bonchev–Trinajstić information content (AvgIpc) is 2.39. The lowest BCUT2D eigenvalue weighted by atomic mass is 9.98. The Balaban J connectivity index is 2.15. The second-order valence-corrected chi connectivity index (χ2v) is 4.84. The molecule has 7 nitrogen and oxygen atoms in total. The first-order valence-corrected chi connectivity index (χ1v) is 6.40. The summed E-state index contributed by atoms with van der Waals surface area (Å²) in [5, 5.41) is 10.9. The zero-order valence-corrected chi connectivity index (χ0v) is 11.3.